The zero-order chi connectivity index (χ0) is 23.9. The highest BCUT2D eigenvalue weighted by Crippen LogP contribution is 2.45. The summed E-state index contributed by atoms with van der Waals surface area (Å²) in [5.41, 5.74) is 5.78. The van der Waals surface area contributed by atoms with Crippen LogP contribution in [0.2, 0.25) is 0 Å². The Morgan fingerprint density at radius 3 is 2.29 bits per heavy atom. The largest absolute Gasteiger partial charge is 0.457 e. The topological polar surface area (TPSA) is 55.3 Å². The molecule has 172 valence electrons. The maximum Gasteiger partial charge on any atom is 0.241 e. The van der Waals surface area contributed by atoms with Crippen LogP contribution in [-0.4, -0.2) is 15.9 Å². The van der Waals surface area contributed by atoms with Gasteiger partial charge < -0.3 is 4.74 Å². The van der Waals surface area contributed by atoms with Crippen LogP contribution in [-0.2, 0) is 11.3 Å². The molecule has 6 heteroatoms. The Morgan fingerprint density at radius 1 is 0.914 bits per heavy atom. The van der Waals surface area contributed by atoms with Crippen molar-refractivity contribution in [2.75, 3.05) is 4.90 Å². The molecule has 1 aliphatic heterocycles. The van der Waals surface area contributed by atoms with Crippen LogP contribution in [0.4, 0.5) is 5.13 Å². The van der Waals surface area contributed by atoms with E-state index in [1.165, 1.54) is 16.9 Å². The molecule has 0 unspecified atom stereocenters. The fraction of sp³-hybridized carbons (Fsp3) is 0.138. The molecule has 3 aromatic carbocycles. The number of amides is 1. The number of aryl methyl sites for hydroxylation is 2. The van der Waals surface area contributed by atoms with E-state index in [1.807, 2.05) is 66.7 Å². The highest BCUT2D eigenvalue weighted by atomic mass is 32.1. The predicted octanol–water partition coefficient (Wildman–Crippen LogP) is 6.78. The number of carbonyl (C=O) groups excluding carboxylic acids is 1. The van der Waals surface area contributed by atoms with E-state index in [0.29, 0.717) is 23.2 Å². The minimum Gasteiger partial charge on any atom is -0.457 e. The van der Waals surface area contributed by atoms with Crippen LogP contribution in [0, 0.1) is 13.8 Å². The number of nitrogens with zero attached hydrogens (tertiary/aromatic N) is 3. The van der Waals surface area contributed by atoms with Gasteiger partial charge in [0.2, 0.25) is 5.91 Å². The number of para-hydroxylation sites is 2. The van der Waals surface area contributed by atoms with Gasteiger partial charge in [0.25, 0.3) is 0 Å². The summed E-state index contributed by atoms with van der Waals surface area (Å²) in [7, 11) is 0. The monoisotopic (exact) mass is 477 g/mol. The lowest BCUT2D eigenvalue weighted by atomic mass is 9.87. The second kappa shape index (κ2) is 8.64. The molecule has 0 aliphatic carbocycles. The molecule has 35 heavy (non-hydrogen) atoms. The number of hydrogen-bond acceptors (Lipinski definition) is 5. The van der Waals surface area contributed by atoms with Crippen molar-refractivity contribution in [2.45, 2.75) is 26.3 Å². The fourth-order valence-electron chi connectivity index (χ4n) is 4.56. The lowest BCUT2D eigenvalue weighted by molar-refractivity contribution is -0.119. The van der Waals surface area contributed by atoms with Crippen molar-refractivity contribution >= 4 is 32.6 Å². The third-order valence-electron chi connectivity index (χ3n) is 6.54. The molecule has 0 saturated carbocycles. The molecule has 5 nitrogen and oxygen atoms in total. The number of thiazole rings is 1. The molecule has 2 aromatic heterocycles. The van der Waals surface area contributed by atoms with Crippen molar-refractivity contribution in [3.8, 4) is 11.5 Å². The van der Waals surface area contributed by atoms with Gasteiger partial charge in [0.1, 0.15) is 11.5 Å². The summed E-state index contributed by atoms with van der Waals surface area (Å²) in [6, 6.07) is 25.5. The van der Waals surface area contributed by atoms with Gasteiger partial charge in [-0.1, -0.05) is 59.9 Å². The van der Waals surface area contributed by atoms with Gasteiger partial charge in [-0.15, -0.1) is 0 Å². The molecule has 1 amide bonds. The van der Waals surface area contributed by atoms with Crippen LogP contribution >= 0.6 is 11.3 Å². The van der Waals surface area contributed by atoms with E-state index < -0.39 is 5.92 Å². The van der Waals surface area contributed by atoms with Crippen molar-refractivity contribution in [1.29, 1.82) is 0 Å². The van der Waals surface area contributed by atoms with Gasteiger partial charge in [-0.3, -0.25) is 14.7 Å². The summed E-state index contributed by atoms with van der Waals surface area (Å²) in [5, 5.41) is 0.672. The number of fused-ring (bicyclic) bond motifs is 3. The molecule has 5 aromatic rings. The first-order chi connectivity index (χ1) is 17.1. The number of hydrogen-bond donors (Lipinski definition) is 0. The molecule has 0 atom stereocenters. The van der Waals surface area contributed by atoms with Gasteiger partial charge >= 0.3 is 0 Å². The molecule has 0 radical (unpaired) electrons. The van der Waals surface area contributed by atoms with Gasteiger partial charge in [-0.05, 0) is 55.3 Å². The van der Waals surface area contributed by atoms with Gasteiger partial charge in [-0.25, -0.2) is 4.98 Å². The van der Waals surface area contributed by atoms with E-state index in [0.717, 1.165) is 32.6 Å². The van der Waals surface area contributed by atoms with Crippen LogP contribution < -0.4 is 9.64 Å². The molecule has 0 bridgehead atoms. The molecule has 0 spiro atoms. The summed E-state index contributed by atoms with van der Waals surface area (Å²) in [6.45, 7) is 4.50. The highest BCUT2D eigenvalue weighted by molar-refractivity contribution is 7.22. The highest BCUT2D eigenvalue weighted by Gasteiger charge is 2.36. The SMILES string of the molecule is Cc1ccc2sc(N(Cc3ccccn3)C(=O)C3c4ccccc4Oc4ccccc43)nc2c1C. The maximum atomic E-state index is 14.5. The Labute approximate surface area is 207 Å². The molecular formula is C29H23N3O2S. The first-order valence-corrected chi connectivity index (χ1v) is 12.4. The van der Waals surface area contributed by atoms with E-state index in [1.54, 1.807) is 11.1 Å². The molecule has 0 fully saturated rings. The number of ether oxygens (including phenoxy) is 1. The number of rotatable bonds is 4. The molecule has 0 saturated heterocycles. The smallest absolute Gasteiger partial charge is 0.241 e. The molecule has 0 N–H and O–H groups in total. The predicted molar refractivity (Wildman–Crippen MR) is 139 cm³/mol. The van der Waals surface area contributed by atoms with Crippen LogP contribution in [0.3, 0.4) is 0 Å². The van der Waals surface area contributed by atoms with Crippen LogP contribution in [0.25, 0.3) is 10.2 Å². The number of benzene rings is 3. The van der Waals surface area contributed by atoms with E-state index in [9.17, 15) is 4.79 Å². The third kappa shape index (κ3) is 3.76. The zero-order valence-electron chi connectivity index (χ0n) is 19.4. The summed E-state index contributed by atoms with van der Waals surface area (Å²) >= 11 is 1.54. The molecule has 6 rings (SSSR count). The van der Waals surface area contributed by atoms with E-state index >= 15 is 0 Å². The van der Waals surface area contributed by atoms with Crippen molar-refractivity contribution in [2.24, 2.45) is 0 Å². The molecule has 1 aliphatic rings. The molecular weight excluding hydrogens is 454 g/mol. The summed E-state index contributed by atoms with van der Waals surface area (Å²) in [5.74, 6) is 0.859. The Kier molecular flexibility index (Phi) is 5.30. The second-order valence-corrected chi connectivity index (χ2v) is 9.72. The van der Waals surface area contributed by atoms with Gasteiger partial charge in [0.15, 0.2) is 5.13 Å². The van der Waals surface area contributed by atoms with Gasteiger partial charge in [0.05, 0.1) is 28.4 Å². The van der Waals surface area contributed by atoms with Crippen LogP contribution in [0.1, 0.15) is 33.9 Å². The van der Waals surface area contributed by atoms with Crippen molar-refractivity contribution in [3.05, 3.63) is 113 Å². The average molecular weight is 478 g/mol. The Balaban J connectivity index is 1.51. The summed E-state index contributed by atoms with van der Waals surface area (Å²) in [6.07, 6.45) is 1.75. The second-order valence-electron chi connectivity index (χ2n) is 8.71. The first kappa shape index (κ1) is 21.5. The Morgan fingerprint density at radius 2 is 1.60 bits per heavy atom. The zero-order valence-corrected chi connectivity index (χ0v) is 20.3. The van der Waals surface area contributed by atoms with E-state index in [-0.39, 0.29) is 5.91 Å². The van der Waals surface area contributed by atoms with Crippen LogP contribution in [0.15, 0.2) is 85.1 Å². The van der Waals surface area contributed by atoms with Crippen molar-refractivity contribution in [1.82, 2.24) is 9.97 Å². The van der Waals surface area contributed by atoms with Crippen molar-refractivity contribution in [3.63, 3.8) is 0 Å². The number of pyridine rings is 1. The number of carbonyl (C=O) groups is 1. The Bertz CT molecular complexity index is 1520. The normalized spacial score (nSPS) is 12.6. The maximum absolute atomic E-state index is 14.5. The number of anilines is 1. The standard InChI is InChI=1S/C29H23N3O2S/c1-18-14-15-25-27(19(18)2)31-29(35-25)32(17-20-9-7-8-16-30-20)28(33)26-21-10-3-5-12-23(21)34-24-13-6-4-11-22(24)26/h3-16,26H,17H2,1-2H3. The summed E-state index contributed by atoms with van der Waals surface area (Å²) in [4.78, 5) is 25.7. The lowest BCUT2D eigenvalue weighted by Crippen LogP contribution is -2.36. The average Bonchev–Trinajstić information content (AvgIpc) is 3.33. The third-order valence-corrected chi connectivity index (χ3v) is 7.59. The minimum atomic E-state index is -0.505. The summed E-state index contributed by atoms with van der Waals surface area (Å²) < 4.78 is 7.21. The lowest BCUT2D eigenvalue weighted by Gasteiger charge is -2.31. The molecule has 3 heterocycles. The first-order valence-electron chi connectivity index (χ1n) is 11.5. The van der Waals surface area contributed by atoms with E-state index in [2.05, 4.69) is 31.0 Å². The quantitative estimate of drug-likeness (QED) is 0.286. The van der Waals surface area contributed by atoms with Crippen molar-refractivity contribution < 1.29 is 9.53 Å². The fourth-order valence-corrected chi connectivity index (χ4v) is 5.58. The van der Waals surface area contributed by atoms with E-state index in [4.69, 9.17) is 9.72 Å². The number of aromatic nitrogens is 2. The van der Waals surface area contributed by atoms with Gasteiger partial charge in [-0.2, -0.15) is 0 Å². The van der Waals surface area contributed by atoms with Crippen LogP contribution in [0.5, 0.6) is 11.5 Å². The minimum absolute atomic E-state index is 0.0488. The van der Waals surface area contributed by atoms with Gasteiger partial charge in [0, 0.05) is 17.3 Å². The Hall–Kier alpha value is -4.03.